The number of ether oxygens (including phenoxy) is 1. The second-order valence-electron chi connectivity index (χ2n) is 4.32. The summed E-state index contributed by atoms with van der Waals surface area (Å²) in [6.07, 6.45) is 1.80. The van der Waals surface area contributed by atoms with Gasteiger partial charge in [-0.1, -0.05) is 6.92 Å². The van der Waals surface area contributed by atoms with E-state index in [1.165, 1.54) is 22.8 Å². The first-order valence-electron chi connectivity index (χ1n) is 5.69. The number of methoxy groups -OCH3 is 1. The predicted molar refractivity (Wildman–Crippen MR) is 63.5 cm³/mol. The Morgan fingerprint density at radius 1 is 1.41 bits per heavy atom. The van der Waals surface area contributed by atoms with E-state index in [9.17, 15) is 13.2 Å². The fourth-order valence-corrected chi connectivity index (χ4v) is 3.40. The van der Waals surface area contributed by atoms with Crippen molar-refractivity contribution >= 4 is 16.2 Å². The fourth-order valence-electron chi connectivity index (χ4n) is 1.87. The van der Waals surface area contributed by atoms with Gasteiger partial charge in [0.25, 0.3) is 10.2 Å². The Morgan fingerprint density at radius 3 is 2.41 bits per heavy atom. The SMILES string of the molecule is COC(=O)C(C)CN(C)S(=O)(=O)N1CCCC1. The second kappa shape index (κ2) is 5.79. The molecular weight excluding hydrogens is 244 g/mol. The number of hydrogen-bond acceptors (Lipinski definition) is 4. The Labute approximate surface area is 103 Å². The molecule has 0 amide bonds. The molecular formula is C10H20N2O4S. The van der Waals surface area contributed by atoms with Crippen LogP contribution < -0.4 is 0 Å². The summed E-state index contributed by atoms with van der Waals surface area (Å²) in [5, 5.41) is 0. The van der Waals surface area contributed by atoms with Crippen LogP contribution >= 0.6 is 0 Å². The molecule has 6 nitrogen and oxygen atoms in total. The molecule has 0 spiro atoms. The molecule has 0 aliphatic carbocycles. The lowest BCUT2D eigenvalue weighted by atomic mass is 10.2. The van der Waals surface area contributed by atoms with Crippen LogP contribution in [0.15, 0.2) is 0 Å². The van der Waals surface area contributed by atoms with Crippen molar-refractivity contribution in [2.24, 2.45) is 5.92 Å². The van der Waals surface area contributed by atoms with Crippen molar-refractivity contribution in [1.82, 2.24) is 8.61 Å². The van der Waals surface area contributed by atoms with Crippen molar-refractivity contribution in [3.05, 3.63) is 0 Å². The summed E-state index contributed by atoms with van der Waals surface area (Å²) >= 11 is 0. The smallest absolute Gasteiger partial charge is 0.309 e. The van der Waals surface area contributed by atoms with Gasteiger partial charge in [-0.25, -0.2) is 0 Å². The average molecular weight is 264 g/mol. The molecule has 1 atom stereocenters. The Bertz CT molecular complexity index is 363. The molecule has 1 heterocycles. The Morgan fingerprint density at radius 2 is 1.94 bits per heavy atom. The first-order valence-corrected chi connectivity index (χ1v) is 7.08. The fraction of sp³-hybridized carbons (Fsp3) is 0.900. The molecule has 1 fully saturated rings. The number of carbonyl (C=O) groups is 1. The van der Waals surface area contributed by atoms with Gasteiger partial charge < -0.3 is 4.74 Å². The molecule has 1 unspecified atom stereocenters. The third-order valence-electron chi connectivity index (χ3n) is 2.92. The van der Waals surface area contributed by atoms with E-state index in [1.807, 2.05) is 0 Å². The van der Waals surface area contributed by atoms with Crippen LogP contribution in [0.3, 0.4) is 0 Å². The second-order valence-corrected chi connectivity index (χ2v) is 6.35. The van der Waals surface area contributed by atoms with Crippen LogP contribution in [0.5, 0.6) is 0 Å². The number of rotatable bonds is 5. The van der Waals surface area contributed by atoms with Gasteiger partial charge >= 0.3 is 5.97 Å². The van der Waals surface area contributed by atoms with Crippen molar-refractivity contribution in [3.63, 3.8) is 0 Å². The standard InChI is InChI=1S/C10H20N2O4S/c1-9(10(13)16-3)8-11(2)17(14,15)12-6-4-5-7-12/h9H,4-8H2,1-3H3. The van der Waals surface area contributed by atoms with Crippen LogP contribution in [-0.2, 0) is 19.7 Å². The highest BCUT2D eigenvalue weighted by molar-refractivity contribution is 7.86. The zero-order valence-corrected chi connectivity index (χ0v) is 11.4. The van der Waals surface area contributed by atoms with Gasteiger partial charge in [0.2, 0.25) is 0 Å². The van der Waals surface area contributed by atoms with Crippen molar-refractivity contribution < 1.29 is 17.9 Å². The highest BCUT2D eigenvalue weighted by Crippen LogP contribution is 2.16. The van der Waals surface area contributed by atoms with Gasteiger partial charge in [0, 0.05) is 26.7 Å². The molecule has 100 valence electrons. The lowest BCUT2D eigenvalue weighted by molar-refractivity contribution is -0.145. The van der Waals surface area contributed by atoms with Crippen LogP contribution in [0.1, 0.15) is 19.8 Å². The monoisotopic (exact) mass is 264 g/mol. The minimum atomic E-state index is -3.42. The van der Waals surface area contributed by atoms with Gasteiger partial charge in [0.15, 0.2) is 0 Å². The summed E-state index contributed by atoms with van der Waals surface area (Å²) in [5.74, 6) is -0.851. The quantitative estimate of drug-likeness (QED) is 0.659. The van der Waals surface area contributed by atoms with E-state index in [0.29, 0.717) is 13.1 Å². The molecule has 0 aromatic heterocycles. The Kier molecular flexibility index (Phi) is 4.91. The van der Waals surface area contributed by atoms with Gasteiger partial charge in [0.1, 0.15) is 0 Å². The molecule has 0 radical (unpaired) electrons. The maximum Gasteiger partial charge on any atom is 0.309 e. The van der Waals surface area contributed by atoms with E-state index >= 15 is 0 Å². The van der Waals surface area contributed by atoms with Gasteiger partial charge in [-0.15, -0.1) is 0 Å². The van der Waals surface area contributed by atoms with Crippen molar-refractivity contribution in [3.8, 4) is 0 Å². The zero-order valence-electron chi connectivity index (χ0n) is 10.5. The summed E-state index contributed by atoms with van der Waals surface area (Å²) in [5.41, 5.74) is 0. The predicted octanol–water partition coefficient (Wildman–Crippen LogP) is 0.0679. The maximum atomic E-state index is 12.1. The summed E-state index contributed by atoms with van der Waals surface area (Å²) in [4.78, 5) is 11.2. The van der Waals surface area contributed by atoms with E-state index in [2.05, 4.69) is 4.74 Å². The van der Waals surface area contributed by atoms with Crippen LogP contribution in [0, 0.1) is 5.92 Å². The number of esters is 1. The van der Waals surface area contributed by atoms with Gasteiger partial charge in [-0.2, -0.15) is 17.0 Å². The third-order valence-corrected chi connectivity index (χ3v) is 4.87. The van der Waals surface area contributed by atoms with Gasteiger partial charge in [0.05, 0.1) is 13.0 Å². The van der Waals surface area contributed by atoms with Crippen LogP contribution in [-0.4, -0.2) is 56.8 Å². The van der Waals surface area contributed by atoms with E-state index in [1.54, 1.807) is 6.92 Å². The molecule has 1 aliphatic heterocycles. The molecule has 0 N–H and O–H groups in total. The average Bonchev–Trinajstić information content (AvgIpc) is 2.81. The molecule has 7 heteroatoms. The highest BCUT2D eigenvalue weighted by Gasteiger charge is 2.31. The molecule has 17 heavy (non-hydrogen) atoms. The number of carbonyl (C=O) groups excluding carboxylic acids is 1. The van der Waals surface area contributed by atoms with E-state index in [0.717, 1.165) is 12.8 Å². The summed E-state index contributed by atoms with van der Waals surface area (Å²) in [6.45, 7) is 2.94. The van der Waals surface area contributed by atoms with E-state index in [-0.39, 0.29) is 6.54 Å². The Balaban J connectivity index is 2.62. The summed E-state index contributed by atoms with van der Waals surface area (Å²) in [6, 6.07) is 0. The number of hydrogen-bond donors (Lipinski definition) is 0. The minimum Gasteiger partial charge on any atom is -0.469 e. The maximum absolute atomic E-state index is 12.1. The van der Waals surface area contributed by atoms with Gasteiger partial charge in [-0.3, -0.25) is 4.79 Å². The summed E-state index contributed by atoms with van der Waals surface area (Å²) < 4.78 is 31.4. The first kappa shape index (κ1) is 14.4. The van der Waals surface area contributed by atoms with Crippen molar-refractivity contribution in [2.45, 2.75) is 19.8 Å². The lowest BCUT2D eigenvalue weighted by Crippen LogP contribution is -2.43. The van der Waals surface area contributed by atoms with Crippen molar-refractivity contribution in [2.75, 3.05) is 33.8 Å². The van der Waals surface area contributed by atoms with Crippen molar-refractivity contribution in [1.29, 1.82) is 0 Å². The molecule has 0 saturated carbocycles. The number of nitrogens with zero attached hydrogens (tertiary/aromatic N) is 2. The van der Waals surface area contributed by atoms with E-state index < -0.39 is 22.1 Å². The minimum absolute atomic E-state index is 0.144. The molecule has 1 rings (SSSR count). The van der Waals surface area contributed by atoms with Crippen LogP contribution in [0.25, 0.3) is 0 Å². The Hall–Kier alpha value is -0.660. The molecule has 0 bridgehead atoms. The zero-order chi connectivity index (χ0) is 13.1. The largest absolute Gasteiger partial charge is 0.469 e. The molecule has 0 aromatic rings. The molecule has 1 aliphatic rings. The first-order chi connectivity index (χ1) is 7.89. The molecule has 1 saturated heterocycles. The normalized spacial score (nSPS) is 19.5. The van der Waals surface area contributed by atoms with Crippen LogP contribution in [0.4, 0.5) is 0 Å². The van der Waals surface area contributed by atoms with Gasteiger partial charge in [-0.05, 0) is 12.8 Å². The van der Waals surface area contributed by atoms with Crippen LogP contribution in [0.2, 0.25) is 0 Å². The highest BCUT2D eigenvalue weighted by atomic mass is 32.2. The summed E-state index contributed by atoms with van der Waals surface area (Å²) in [7, 11) is -0.624. The third kappa shape index (κ3) is 3.40. The lowest BCUT2D eigenvalue weighted by Gasteiger charge is -2.25. The molecule has 0 aromatic carbocycles. The topological polar surface area (TPSA) is 66.9 Å². The van der Waals surface area contributed by atoms with E-state index in [4.69, 9.17) is 0 Å².